The maximum absolute atomic E-state index is 11.9. The van der Waals surface area contributed by atoms with Gasteiger partial charge in [-0.05, 0) is 31.4 Å². The highest BCUT2D eigenvalue weighted by Gasteiger charge is 2.22. The number of nitrogens with one attached hydrogen (secondary N) is 1. The Labute approximate surface area is 133 Å². The van der Waals surface area contributed by atoms with Gasteiger partial charge in [-0.3, -0.25) is 4.79 Å². The Morgan fingerprint density at radius 2 is 1.95 bits per heavy atom. The van der Waals surface area contributed by atoms with Crippen molar-refractivity contribution in [2.24, 2.45) is 0 Å². The molecular formula is C16H26N2O3S. The summed E-state index contributed by atoms with van der Waals surface area (Å²) in [6.45, 7) is 6.46. The molecule has 1 amide bonds. The summed E-state index contributed by atoms with van der Waals surface area (Å²) in [5.41, 5.74) is 2.19. The number of hydrogen-bond acceptors (Lipinski definition) is 3. The van der Waals surface area contributed by atoms with E-state index < -0.39 is 10.0 Å². The van der Waals surface area contributed by atoms with Crippen LogP contribution in [0.3, 0.4) is 0 Å². The molecule has 0 fully saturated rings. The van der Waals surface area contributed by atoms with Crippen LogP contribution in [0.1, 0.15) is 37.8 Å². The molecule has 0 saturated heterocycles. The fourth-order valence-electron chi connectivity index (χ4n) is 2.22. The molecule has 0 heterocycles. The number of rotatable bonds is 8. The van der Waals surface area contributed by atoms with Crippen molar-refractivity contribution >= 4 is 15.9 Å². The molecule has 1 N–H and O–H groups in total. The first-order valence-electron chi connectivity index (χ1n) is 7.53. The number of hydrogen-bond donors (Lipinski definition) is 1. The average Bonchev–Trinajstić information content (AvgIpc) is 2.44. The molecule has 1 unspecified atom stereocenters. The van der Waals surface area contributed by atoms with E-state index in [4.69, 9.17) is 0 Å². The lowest BCUT2D eigenvalue weighted by Gasteiger charge is -2.25. The molecule has 124 valence electrons. The number of sulfonamides is 1. The lowest BCUT2D eigenvalue weighted by Crippen LogP contribution is -2.40. The predicted octanol–water partition coefficient (Wildman–Crippen LogP) is 2.06. The highest BCUT2D eigenvalue weighted by molar-refractivity contribution is 7.88. The third kappa shape index (κ3) is 5.77. The minimum absolute atomic E-state index is 0.0980. The molecule has 22 heavy (non-hydrogen) atoms. The zero-order valence-corrected chi connectivity index (χ0v) is 14.6. The summed E-state index contributed by atoms with van der Waals surface area (Å²) in [5.74, 6) is -0.139. The molecule has 0 saturated carbocycles. The van der Waals surface area contributed by atoms with Gasteiger partial charge in [0, 0.05) is 25.6 Å². The van der Waals surface area contributed by atoms with E-state index in [1.165, 1.54) is 10.6 Å². The lowest BCUT2D eigenvalue weighted by atomic mass is 10.1. The van der Waals surface area contributed by atoms with E-state index in [0.29, 0.717) is 6.54 Å². The molecule has 1 aromatic carbocycles. The Morgan fingerprint density at radius 3 is 2.50 bits per heavy atom. The SMILES string of the molecule is CCC(C)N(CCC(=O)NCc1ccccc1C)S(C)(=O)=O. The molecule has 1 rings (SSSR count). The third-order valence-corrected chi connectivity index (χ3v) is 5.20. The number of carbonyl (C=O) groups is 1. The van der Waals surface area contributed by atoms with Gasteiger partial charge in [-0.25, -0.2) is 8.42 Å². The number of nitrogens with zero attached hydrogens (tertiary/aromatic N) is 1. The van der Waals surface area contributed by atoms with Crippen LogP contribution in [-0.2, 0) is 21.4 Å². The molecule has 0 aromatic heterocycles. The fourth-order valence-corrected chi connectivity index (χ4v) is 3.44. The number of carbonyl (C=O) groups excluding carboxylic acids is 1. The second-order valence-corrected chi connectivity index (χ2v) is 7.52. The number of benzene rings is 1. The molecule has 0 aliphatic rings. The molecule has 1 aromatic rings. The van der Waals surface area contributed by atoms with Crippen LogP contribution in [0.4, 0.5) is 0 Å². The Bertz CT molecular complexity index is 599. The van der Waals surface area contributed by atoms with E-state index in [1.54, 1.807) is 0 Å². The second kappa shape index (κ2) is 8.29. The van der Waals surface area contributed by atoms with Crippen molar-refractivity contribution in [3.05, 3.63) is 35.4 Å². The predicted molar refractivity (Wildman–Crippen MR) is 88.9 cm³/mol. The average molecular weight is 326 g/mol. The molecular weight excluding hydrogens is 300 g/mol. The maximum Gasteiger partial charge on any atom is 0.221 e. The van der Waals surface area contributed by atoms with E-state index in [0.717, 1.165) is 17.5 Å². The first kappa shape index (κ1) is 18.6. The number of amides is 1. The zero-order chi connectivity index (χ0) is 16.8. The standard InChI is InChI=1S/C16H26N2O3S/c1-5-14(3)18(22(4,20)21)11-10-16(19)17-12-15-9-7-6-8-13(15)2/h6-9,14H,5,10-12H2,1-4H3,(H,17,19). The van der Waals surface area contributed by atoms with Gasteiger partial charge in [-0.1, -0.05) is 31.2 Å². The topological polar surface area (TPSA) is 66.5 Å². The van der Waals surface area contributed by atoms with Gasteiger partial charge in [0.15, 0.2) is 0 Å². The minimum Gasteiger partial charge on any atom is -0.352 e. The van der Waals surface area contributed by atoms with Crippen molar-refractivity contribution in [3.8, 4) is 0 Å². The largest absolute Gasteiger partial charge is 0.352 e. The fraction of sp³-hybridized carbons (Fsp3) is 0.562. The Hall–Kier alpha value is -1.40. The molecule has 5 nitrogen and oxygen atoms in total. The van der Waals surface area contributed by atoms with Crippen molar-refractivity contribution in [2.45, 2.75) is 46.2 Å². The van der Waals surface area contributed by atoms with Gasteiger partial charge in [0.05, 0.1) is 6.26 Å². The van der Waals surface area contributed by atoms with Crippen LogP contribution in [0, 0.1) is 6.92 Å². The third-order valence-electron chi connectivity index (χ3n) is 3.80. The van der Waals surface area contributed by atoms with E-state index in [2.05, 4.69) is 5.32 Å². The van der Waals surface area contributed by atoms with Crippen LogP contribution in [0.5, 0.6) is 0 Å². The highest BCUT2D eigenvalue weighted by atomic mass is 32.2. The van der Waals surface area contributed by atoms with E-state index in [1.807, 2.05) is 45.0 Å². The van der Waals surface area contributed by atoms with Crippen molar-refractivity contribution in [3.63, 3.8) is 0 Å². The molecule has 0 aliphatic carbocycles. The Morgan fingerprint density at radius 1 is 1.32 bits per heavy atom. The van der Waals surface area contributed by atoms with E-state index in [9.17, 15) is 13.2 Å². The van der Waals surface area contributed by atoms with Crippen molar-refractivity contribution < 1.29 is 13.2 Å². The summed E-state index contributed by atoms with van der Waals surface area (Å²) in [6.07, 6.45) is 2.07. The van der Waals surface area contributed by atoms with Crippen LogP contribution in [-0.4, -0.2) is 37.5 Å². The summed E-state index contributed by atoms with van der Waals surface area (Å²) >= 11 is 0. The molecule has 0 bridgehead atoms. The van der Waals surface area contributed by atoms with Gasteiger partial charge in [-0.2, -0.15) is 4.31 Å². The monoisotopic (exact) mass is 326 g/mol. The first-order chi connectivity index (χ1) is 10.3. The summed E-state index contributed by atoms with van der Waals surface area (Å²) in [7, 11) is -3.29. The van der Waals surface area contributed by atoms with E-state index >= 15 is 0 Å². The highest BCUT2D eigenvalue weighted by Crippen LogP contribution is 2.10. The number of aryl methyl sites for hydroxylation is 1. The maximum atomic E-state index is 11.9. The minimum atomic E-state index is -3.29. The van der Waals surface area contributed by atoms with Crippen molar-refractivity contribution in [1.82, 2.24) is 9.62 Å². The van der Waals surface area contributed by atoms with Crippen LogP contribution < -0.4 is 5.32 Å². The first-order valence-corrected chi connectivity index (χ1v) is 9.38. The summed E-state index contributed by atoms with van der Waals surface area (Å²) in [5, 5.41) is 2.84. The summed E-state index contributed by atoms with van der Waals surface area (Å²) in [4.78, 5) is 11.9. The Kier molecular flexibility index (Phi) is 7.03. The molecule has 6 heteroatoms. The molecule has 0 spiro atoms. The van der Waals surface area contributed by atoms with Gasteiger partial charge in [0.25, 0.3) is 0 Å². The van der Waals surface area contributed by atoms with Crippen molar-refractivity contribution in [2.75, 3.05) is 12.8 Å². The van der Waals surface area contributed by atoms with Crippen LogP contribution in [0.2, 0.25) is 0 Å². The molecule has 0 radical (unpaired) electrons. The summed E-state index contributed by atoms with van der Waals surface area (Å²) in [6, 6.07) is 7.76. The second-order valence-electron chi connectivity index (χ2n) is 5.58. The van der Waals surface area contributed by atoms with Crippen LogP contribution in [0.15, 0.2) is 24.3 Å². The quantitative estimate of drug-likeness (QED) is 0.795. The smallest absolute Gasteiger partial charge is 0.221 e. The Balaban J connectivity index is 2.53. The van der Waals surface area contributed by atoms with Crippen molar-refractivity contribution in [1.29, 1.82) is 0 Å². The normalized spacial score (nSPS) is 13.1. The van der Waals surface area contributed by atoms with Gasteiger partial charge in [-0.15, -0.1) is 0 Å². The molecule has 0 aliphatic heterocycles. The van der Waals surface area contributed by atoms with Gasteiger partial charge >= 0.3 is 0 Å². The van der Waals surface area contributed by atoms with Crippen LogP contribution >= 0.6 is 0 Å². The van der Waals surface area contributed by atoms with E-state index in [-0.39, 0.29) is 24.9 Å². The summed E-state index contributed by atoms with van der Waals surface area (Å²) < 4.78 is 24.9. The lowest BCUT2D eigenvalue weighted by molar-refractivity contribution is -0.121. The molecule has 1 atom stereocenters. The van der Waals surface area contributed by atoms with Crippen LogP contribution in [0.25, 0.3) is 0 Å². The zero-order valence-electron chi connectivity index (χ0n) is 13.8. The van der Waals surface area contributed by atoms with Gasteiger partial charge < -0.3 is 5.32 Å². The van der Waals surface area contributed by atoms with Gasteiger partial charge in [0.2, 0.25) is 15.9 Å². The van der Waals surface area contributed by atoms with Gasteiger partial charge in [0.1, 0.15) is 0 Å².